The Bertz CT molecular complexity index is 2170. The van der Waals surface area contributed by atoms with E-state index in [4.69, 9.17) is 20.2 Å². The molecule has 1 aromatic carbocycles. The summed E-state index contributed by atoms with van der Waals surface area (Å²) >= 11 is 0. The van der Waals surface area contributed by atoms with Gasteiger partial charge in [-0.2, -0.15) is 0 Å². The van der Waals surface area contributed by atoms with Crippen molar-refractivity contribution in [3.8, 4) is 23.3 Å². The molecule has 3 heterocycles. The summed E-state index contributed by atoms with van der Waals surface area (Å²) in [5.74, 6) is 10.1. The number of phenolic OH excluding ortho intramolecular Hbond substituents is 1. The molecule has 13 atom stereocenters. The highest BCUT2D eigenvalue weighted by molar-refractivity contribution is 8.76. The second kappa shape index (κ2) is 20.0. The van der Waals surface area contributed by atoms with E-state index in [0.29, 0.717) is 61.2 Å². The second-order valence-corrected chi connectivity index (χ2v) is 25.2. The number of ether oxygens (including phenoxy) is 2. The van der Waals surface area contributed by atoms with Crippen LogP contribution in [0.2, 0.25) is 0 Å². The van der Waals surface area contributed by atoms with Crippen molar-refractivity contribution in [2.75, 3.05) is 31.1 Å². The number of aliphatic hydroxyl groups excluding tert-OH is 3. The molecule has 6 aliphatic carbocycles. The van der Waals surface area contributed by atoms with E-state index in [9.17, 15) is 25.2 Å². The number of carbonyl (C=O) groups is 1. The normalized spacial score (nSPS) is 41.4. The van der Waals surface area contributed by atoms with Crippen LogP contribution in [0.5, 0.6) is 11.5 Å². The molecule has 10 rings (SSSR count). The molecule has 3 saturated carbocycles. The Morgan fingerprint density at radius 2 is 1.82 bits per heavy atom. The lowest BCUT2D eigenvalue weighted by molar-refractivity contribution is -0.152. The van der Waals surface area contributed by atoms with Gasteiger partial charge >= 0.3 is 5.97 Å². The van der Waals surface area contributed by atoms with Crippen LogP contribution in [0.3, 0.4) is 0 Å². The fourth-order valence-corrected chi connectivity index (χ4v) is 18.0. The zero-order valence-electron chi connectivity index (χ0n) is 40.2. The predicted molar refractivity (Wildman–Crippen MR) is 270 cm³/mol. The molecule has 5 spiro atoms. The largest absolute Gasteiger partial charge is 0.504 e. The third-order valence-electron chi connectivity index (χ3n) is 18.8. The highest BCUT2D eigenvalue weighted by Gasteiger charge is 2.66. The lowest BCUT2D eigenvalue weighted by atomic mass is 9.45. The number of rotatable bonds is 2. The van der Waals surface area contributed by atoms with Gasteiger partial charge in [0.1, 0.15) is 12.2 Å². The molecule has 1 aromatic rings. The minimum atomic E-state index is -1.05. The van der Waals surface area contributed by atoms with Crippen molar-refractivity contribution in [3.05, 3.63) is 47.6 Å². The second-order valence-electron chi connectivity index (χ2n) is 22.6. The Hall–Kier alpha value is -2.90. The number of phenols is 1. The highest BCUT2D eigenvalue weighted by Crippen LogP contribution is 2.69. The van der Waals surface area contributed by atoms with Gasteiger partial charge in [0.15, 0.2) is 17.5 Å². The Balaban J connectivity index is 1.11. The molecule has 9 N–H and O–H groups in total. The first kappa shape index (κ1) is 48.7. The average molecular weight is 972 g/mol. The molecule has 0 amide bonds. The first-order chi connectivity index (χ1) is 32.9. The lowest BCUT2D eigenvalue weighted by Gasteiger charge is -2.63. The van der Waals surface area contributed by atoms with Gasteiger partial charge in [-0.25, -0.2) is 4.99 Å². The fourth-order valence-electron chi connectivity index (χ4n) is 15.5. The molecular formula is C54H77N5O7S2. The quantitative estimate of drug-likeness (QED) is 0.0668. The number of allylic oxidation sites excluding steroid dienone is 2. The number of nitrogens with one attached hydrogen (secondary N) is 3. The van der Waals surface area contributed by atoms with Crippen molar-refractivity contribution in [2.24, 2.45) is 50.6 Å². The Labute approximate surface area is 412 Å². The number of aromatic hydroxyl groups is 1. The van der Waals surface area contributed by atoms with E-state index in [-0.39, 0.29) is 52.7 Å². The SMILES string of the molecule is CC(=O)O[C@H]1C[C@@H](O)CC[C@]23C#C[C@H]4CCC[C@@]5(CNCCSSC[C@@]6(C[C@]78CCC[C@@H]7C=C[C@@H](C8)C67CCCC7)NC(N)=N[C@@H]2C=CC[C@H]3O)C[C@H](CCN5)Oc2cc(c(CO)cc2O)C[C@@H]14. The molecule has 12 nitrogen and oxygen atoms in total. The van der Waals surface area contributed by atoms with Crippen LogP contribution < -0.4 is 26.4 Å². The minimum absolute atomic E-state index is 0.0195. The van der Waals surface area contributed by atoms with Gasteiger partial charge in [-0.15, -0.1) is 0 Å². The van der Waals surface area contributed by atoms with Crippen LogP contribution in [0.25, 0.3) is 0 Å². The molecule has 14 heteroatoms. The molecule has 372 valence electrons. The summed E-state index contributed by atoms with van der Waals surface area (Å²) in [4.78, 5) is 18.4. The lowest BCUT2D eigenvalue weighted by Crippen LogP contribution is -2.70. The van der Waals surface area contributed by atoms with Crippen molar-refractivity contribution >= 4 is 33.5 Å². The number of hydrogen-bond donors (Lipinski definition) is 8. The Kier molecular flexibility index (Phi) is 14.3. The molecule has 0 unspecified atom stereocenters. The van der Waals surface area contributed by atoms with Gasteiger partial charge in [0.05, 0.1) is 35.8 Å². The van der Waals surface area contributed by atoms with E-state index in [1.54, 1.807) is 6.07 Å². The molecule has 3 aliphatic heterocycles. The molecule has 0 radical (unpaired) electrons. The topological polar surface area (TPSA) is 191 Å². The number of aliphatic imine (C=N–C) groups is 1. The molecule has 8 bridgehead atoms. The number of hydrogen-bond acceptors (Lipinski definition) is 14. The van der Waals surface area contributed by atoms with Crippen molar-refractivity contribution in [1.82, 2.24) is 16.0 Å². The minimum Gasteiger partial charge on any atom is -0.504 e. The van der Waals surface area contributed by atoms with E-state index < -0.39 is 41.7 Å². The number of aliphatic hydroxyl groups is 3. The third-order valence-corrected chi connectivity index (χ3v) is 21.3. The van der Waals surface area contributed by atoms with Crippen LogP contribution in [0, 0.1) is 51.8 Å². The highest BCUT2D eigenvalue weighted by atomic mass is 33.1. The van der Waals surface area contributed by atoms with Gasteiger partial charge in [-0.1, -0.05) is 83.4 Å². The third kappa shape index (κ3) is 9.26. The molecule has 0 aromatic heterocycles. The summed E-state index contributed by atoms with van der Waals surface area (Å²) < 4.78 is 12.9. The number of fused-ring (bicyclic) bond motifs is 8. The number of nitrogens with two attached hydrogens (primary N) is 1. The van der Waals surface area contributed by atoms with Crippen LogP contribution in [0.15, 0.2) is 41.4 Å². The van der Waals surface area contributed by atoms with E-state index in [2.05, 4.69) is 46.0 Å². The smallest absolute Gasteiger partial charge is 0.302 e. The summed E-state index contributed by atoms with van der Waals surface area (Å²) in [6.07, 6.45) is 23.2. The zero-order chi connectivity index (χ0) is 47.2. The van der Waals surface area contributed by atoms with Crippen LogP contribution in [-0.4, -0.2) is 105 Å². The summed E-state index contributed by atoms with van der Waals surface area (Å²) in [5.41, 5.74) is 7.40. The van der Waals surface area contributed by atoms with Crippen LogP contribution in [-0.2, 0) is 22.6 Å². The van der Waals surface area contributed by atoms with Crippen molar-refractivity contribution < 1.29 is 34.7 Å². The monoisotopic (exact) mass is 972 g/mol. The summed E-state index contributed by atoms with van der Waals surface area (Å²) in [5, 5.41) is 58.5. The van der Waals surface area contributed by atoms with Gasteiger partial charge in [0, 0.05) is 67.2 Å². The van der Waals surface area contributed by atoms with E-state index >= 15 is 0 Å². The predicted octanol–water partition coefficient (Wildman–Crippen LogP) is 6.82. The fraction of sp³-hybridized carbons (Fsp3) is 0.741. The number of piperidine rings is 1. The van der Waals surface area contributed by atoms with Crippen molar-refractivity contribution in [3.63, 3.8) is 0 Å². The van der Waals surface area contributed by atoms with Crippen LogP contribution >= 0.6 is 21.6 Å². The first-order valence-corrected chi connectivity index (χ1v) is 28.7. The molecule has 4 fully saturated rings. The van der Waals surface area contributed by atoms with Crippen LogP contribution in [0.1, 0.15) is 134 Å². The van der Waals surface area contributed by atoms with E-state index in [1.807, 2.05) is 33.7 Å². The maximum absolute atomic E-state index is 13.0. The van der Waals surface area contributed by atoms with Gasteiger partial charge in [-0.05, 0) is 131 Å². The van der Waals surface area contributed by atoms with Crippen molar-refractivity contribution in [2.45, 2.75) is 177 Å². The number of guanidine groups is 1. The Morgan fingerprint density at radius 3 is 2.66 bits per heavy atom. The number of carbonyl (C=O) groups excluding carboxylic acids is 1. The van der Waals surface area contributed by atoms with Gasteiger partial charge in [0.25, 0.3) is 0 Å². The summed E-state index contributed by atoms with van der Waals surface area (Å²) in [7, 11) is 3.95. The average Bonchev–Trinajstić information content (AvgIpc) is 3.97. The van der Waals surface area contributed by atoms with E-state index in [0.717, 1.165) is 68.8 Å². The number of nitrogens with zero attached hydrogens (tertiary/aromatic N) is 1. The summed E-state index contributed by atoms with van der Waals surface area (Å²) in [6.45, 7) is 3.49. The molecular weight excluding hydrogens is 895 g/mol. The maximum Gasteiger partial charge on any atom is 0.302 e. The van der Waals surface area contributed by atoms with Crippen LogP contribution in [0.4, 0.5) is 0 Å². The van der Waals surface area contributed by atoms with Gasteiger partial charge < -0.3 is 51.6 Å². The molecule has 9 aliphatic rings. The summed E-state index contributed by atoms with van der Waals surface area (Å²) in [6, 6.07) is 2.88. The first-order valence-electron chi connectivity index (χ1n) is 26.2. The molecule has 1 saturated heterocycles. The number of esters is 1. The van der Waals surface area contributed by atoms with Gasteiger partial charge in [-0.3, -0.25) is 4.79 Å². The maximum atomic E-state index is 13.0. The standard InChI is InChI=1S/C54H77N5O7S2/c1-35(61)65-45-28-41(62)14-21-52-20-13-36-7-5-17-51(30-42(15-22-57-51)66-46-27-37(25-43(36)45)38(31-60)26-44(46)63)33-56-23-24-67-68-34-54(59-49(55)58-47(52)9-4-10-48(52)64)32-50-16-6-8-39(50)11-12-40(29-50)53(54)18-2-3-19-53/h4,9,11-12,26-27,36,39-43,45,47-48,56-57,60,62-64H,2-3,5-8,10,14-19,21-25,28-34H2,1H3,(H3,55,58,59)/t36-,39-,40+,41+,42+,43-,45+,47-,48-,50-,51+,52-,54-/m1/s1. The molecule has 68 heavy (non-hydrogen) atoms. The Morgan fingerprint density at radius 1 is 0.985 bits per heavy atom. The van der Waals surface area contributed by atoms with E-state index in [1.165, 1.54) is 58.3 Å². The van der Waals surface area contributed by atoms with Crippen molar-refractivity contribution in [1.29, 1.82) is 0 Å². The number of benzene rings is 1. The van der Waals surface area contributed by atoms with Gasteiger partial charge in [0.2, 0.25) is 0 Å². The zero-order valence-corrected chi connectivity index (χ0v) is 41.8.